The van der Waals surface area contributed by atoms with Gasteiger partial charge in [0.2, 0.25) is 5.95 Å². The first kappa shape index (κ1) is 10.4. The minimum atomic E-state index is -0.605. The number of carbonyl (C=O) groups is 1. The maximum atomic E-state index is 10.8. The molecule has 0 fully saturated rings. The van der Waals surface area contributed by atoms with Crippen LogP contribution >= 0.6 is 0 Å². The second-order valence-electron chi connectivity index (χ2n) is 2.86. The molecule has 0 aromatic carbocycles. The fourth-order valence-corrected chi connectivity index (χ4v) is 0.832. The normalized spacial score (nSPS) is 12.1. The smallest absolute Gasteiger partial charge is 0.267 e. The third-order valence-electron chi connectivity index (χ3n) is 1.56. The Bertz CT molecular complexity index is 329. The van der Waals surface area contributed by atoms with Crippen molar-refractivity contribution < 1.29 is 9.90 Å². The molecule has 0 saturated carbocycles. The monoisotopic (exact) mass is 196 g/mol. The van der Waals surface area contributed by atoms with Gasteiger partial charge in [-0.2, -0.15) is 0 Å². The van der Waals surface area contributed by atoms with Gasteiger partial charge in [0.15, 0.2) is 0 Å². The summed E-state index contributed by atoms with van der Waals surface area (Å²) in [4.78, 5) is 18.5. The van der Waals surface area contributed by atoms with Crippen molar-refractivity contribution in [2.75, 3.05) is 11.9 Å². The van der Waals surface area contributed by atoms with E-state index in [-0.39, 0.29) is 24.3 Å². The lowest BCUT2D eigenvalue weighted by atomic mass is 10.3. The van der Waals surface area contributed by atoms with Gasteiger partial charge in [0.05, 0.1) is 6.61 Å². The number of aliphatic hydroxyl groups excluding tert-OH is 1. The number of rotatable bonds is 4. The molecule has 0 radical (unpaired) electrons. The van der Waals surface area contributed by atoms with Crippen LogP contribution in [0.4, 0.5) is 5.95 Å². The van der Waals surface area contributed by atoms with Crippen molar-refractivity contribution in [3.05, 3.63) is 18.0 Å². The molecule has 0 saturated heterocycles. The number of hydrogen-bond donors (Lipinski definition) is 3. The van der Waals surface area contributed by atoms with Crippen LogP contribution < -0.4 is 11.1 Å². The molecule has 1 heterocycles. The van der Waals surface area contributed by atoms with E-state index in [1.165, 1.54) is 12.3 Å². The highest BCUT2D eigenvalue weighted by Crippen LogP contribution is 2.01. The molecule has 1 rings (SSSR count). The number of primary amides is 1. The Morgan fingerprint density at radius 1 is 1.79 bits per heavy atom. The Hall–Kier alpha value is -1.69. The minimum Gasteiger partial charge on any atom is -0.394 e. The van der Waals surface area contributed by atoms with Gasteiger partial charge in [-0.25, -0.2) is 9.97 Å². The van der Waals surface area contributed by atoms with Crippen LogP contribution in [-0.2, 0) is 0 Å². The van der Waals surface area contributed by atoms with Crippen LogP contribution in [0, 0.1) is 0 Å². The van der Waals surface area contributed by atoms with Crippen LogP contribution in [0.15, 0.2) is 12.3 Å². The molecular formula is C8H12N4O2. The standard InChI is InChI=1S/C8H12N4O2/c1-5(4-13)11-8-10-3-2-6(12-8)7(9)14/h2-3,5,13H,4H2,1H3,(H2,9,14)(H,10,11,12)/t5-/m0/s1. The number of anilines is 1. The molecule has 0 aliphatic heterocycles. The van der Waals surface area contributed by atoms with E-state index in [0.29, 0.717) is 0 Å². The largest absolute Gasteiger partial charge is 0.394 e. The van der Waals surface area contributed by atoms with Gasteiger partial charge in [-0.1, -0.05) is 0 Å². The highest BCUT2D eigenvalue weighted by molar-refractivity contribution is 5.90. The number of aromatic nitrogens is 2. The van der Waals surface area contributed by atoms with Crippen LogP contribution in [0.2, 0.25) is 0 Å². The van der Waals surface area contributed by atoms with E-state index in [1.54, 1.807) is 6.92 Å². The molecule has 4 N–H and O–H groups in total. The summed E-state index contributed by atoms with van der Waals surface area (Å²) < 4.78 is 0. The third kappa shape index (κ3) is 2.67. The van der Waals surface area contributed by atoms with Crippen LogP contribution in [-0.4, -0.2) is 33.6 Å². The molecule has 6 nitrogen and oxygen atoms in total. The van der Waals surface area contributed by atoms with Gasteiger partial charge in [0.1, 0.15) is 5.69 Å². The van der Waals surface area contributed by atoms with Crippen molar-refractivity contribution in [3.63, 3.8) is 0 Å². The molecule has 0 unspecified atom stereocenters. The zero-order valence-electron chi connectivity index (χ0n) is 7.77. The quantitative estimate of drug-likeness (QED) is 0.595. The molecule has 1 atom stereocenters. The van der Waals surface area contributed by atoms with Crippen LogP contribution in [0.3, 0.4) is 0 Å². The van der Waals surface area contributed by atoms with E-state index < -0.39 is 5.91 Å². The summed E-state index contributed by atoms with van der Waals surface area (Å²) in [6.45, 7) is 1.73. The number of hydrogen-bond acceptors (Lipinski definition) is 5. The Labute approximate surface area is 81.2 Å². The molecule has 1 amide bonds. The Morgan fingerprint density at radius 2 is 2.50 bits per heavy atom. The van der Waals surface area contributed by atoms with Gasteiger partial charge in [0, 0.05) is 12.2 Å². The average molecular weight is 196 g/mol. The number of aliphatic hydroxyl groups is 1. The molecule has 0 bridgehead atoms. The van der Waals surface area contributed by atoms with E-state index in [2.05, 4.69) is 15.3 Å². The predicted molar refractivity (Wildman–Crippen MR) is 50.7 cm³/mol. The minimum absolute atomic E-state index is 0.0375. The van der Waals surface area contributed by atoms with Gasteiger partial charge in [-0.3, -0.25) is 4.79 Å². The van der Waals surface area contributed by atoms with E-state index in [0.717, 1.165) is 0 Å². The molecule has 0 aliphatic carbocycles. The molecule has 1 aromatic heterocycles. The fourth-order valence-electron chi connectivity index (χ4n) is 0.832. The molecule has 6 heteroatoms. The second kappa shape index (κ2) is 4.52. The van der Waals surface area contributed by atoms with E-state index in [4.69, 9.17) is 10.8 Å². The fraction of sp³-hybridized carbons (Fsp3) is 0.375. The lowest BCUT2D eigenvalue weighted by Crippen LogP contribution is -2.22. The van der Waals surface area contributed by atoms with Crippen molar-refractivity contribution >= 4 is 11.9 Å². The zero-order chi connectivity index (χ0) is 10.6. The maximum Gasteiger partial charge on any atom is 0.267 e. The summed E-state index contributed by atoms with van der Waals surface area (Å²) in [6.07, 6.45) is 1.43. The van der Waals surface area contributed by atoms with Crippen molar-refractivity contribution in [1.82, 2.24) is 9.97 Å². The highest BCUT2D eigenvalue weighted by Gasteiger charge is 2.06. The summed E-state index contributed by atoms with van der Waals surface area (Å²) in [5.74, 6) is -0.324. The summed E-state index contributed by atoms with van der Waals surface area (Å²) in [5.41, 5.74) is 5.19. The van der Waals surface area contributed by atoms with Crippen LogP contribution in [0.1, 0.15) is 17.4 Å². The number of nitrogens with one attached hydrogen (secondary N) is 1. The SMILES string of the molecule is C[C@@H](CO)Nc1nccc(C(N)=O)n1. The number of amides is 1. The van der Waals surface area contributed by atoms with E-state index in [9.17, 15) is 4.79 Å². The lowest BCUT2D eigenvalue weighted by Gasteiger charge is -2.10. The van der Waals surface area contributed by atoms with Crippen molar-refractivity contribution in [2.24, 2.45) is 5.73 Å². The molecule has 0 spiro atoms. The first-order chi connectivity index (χ1) is 6.63. The molecule has 76 valence electrons. The molecule has 1 aromatic rings. The van der Waals surface area contributed by atoms with E-state index >= 15 is 0 Å². The topological polar surface area (TPSA) is 101 Å². The van der Waals surface area contributed by atoms with Crippen molar-refractivity contribution in [1.29, 1.82) is 0 Å². The Morgan fingerprint density at radius 3 is 3.07 bits per heavy atom. The number of nitrogens with zero attached hydrogens (tertiary/aromatic N) is 2. The first-order valence-electron chi connectivity index (χ1n) is 4.13. The average Bonchev–Trinajstić information content (AvgIpc) is 2.18. The van der Waals surface area contributed by atoms with Gasteiger partial charge in [0.25, 0.3) is 5.91 Å². The van der Waals surface area contributed by atoms with Crippen molar-refractivity contribution in [3.8, 4) is 0 Å². The van der Waals surface area contributed by atoms with Crippen LogP contribution in [0.5, 0.6) is 0 Å². The second-order valence-corrected chi connectivity index (χ2v) is 2.86. The van der Waals surface area contributed by atoms with Crippen LogP contribution in [0.25, 0.3) is 0 Å². The van der Waals surface area contributed by atoms with Gasteiger partial charge in [-0.05, 0) is 13.0 Å². The summed E-state index contributed by atoms with van der Waals surface area (Å²) >= 11 is 0. The van der Waals surface area contributed by atoms with Crippen molar-refractivity contribution in [2.45, 2.75) is 13.0 Å². The molecular weight excluding hydrogens is 184 g/mol. The van der Waals surface area contributed by atoms with E-state index in [1.807, 2.05) is 0 Å². The molecule has 14 heavy (non-hydrogen) atoms. The Kier molecular flexibility index (Phi) is 3.35. The lowest BCUT2D eigenvalue weighted by molar-refractivity contribution is 0.0995. The number of carbonyl (C=O) groups excluding carboxylic acids is 1. The summed E-state index contributed by atoms with van der Waals surface area (Å²) in [7, 11) is 0. The highest BCUT2D eigenvalue weighted by atomic mass is 16.3. The number of nitrogens with two attached hydrogens (primary N) is 1. The summed E-state index contributed by atoms with van der Waals surface area (Å²) in [6, 6.07) is 1.26. The molecule has 0 aliphatic rings. The predicted octanol–water partition coefficient (Wildman–Crippen LogP) is -0.632. The van der Waals surface area contributed by atoms with Gasteiger partial charge < -0.3 is 16.2 Å². The third-order valence-corrected chi connectivity index (χ3v) is 1.56. The Balaban J connectivity index is 2.78. The first-order valence-corrected chi connectivity index (χ1v) is 4.13. The zero-order valence-corrected chi connectivity index (χ0v) is 7.77. The maximum absolute atomic E-state index is 10.8. The van der Waals surface area contributed by atoms with Gasteiger partial charge in [-0.15, -0.1) is 0 Å². The van der Waals surface area contributed by atoms with Gasteiger partial charge >= 0.3 is 0 Å². The summed E-state index contributed by atoms with van der Waals surface area (Å²) in [5, 5.41) is 11.6.